The molecule has 6 nitrogen and oxygen atoms in total. The molecule has 2 atom stereocenters. The van der Waals surface area contributed by atoms with Crippen molar-refractivity contribution >= 4 is 11.6 Å². The van der Waals surface area contributed by atoms with Crippen molar-refractivity contribution in [2.75, 3.05) is 0 Å². The van der Waals surface area contributed by atoms with Crippen LogP contribution in [0.5, 0.6) is 0 Å². The summed E-state index contributed by atoms with van der Waals surface area (Å²) >= 11 is 0. The van der Waals surface area contributed by atoms with E-state index in [4.69, 9.17) is 0 Å². The summed E-state index contributed by atoms with van der Waals surface area (Å²) in [6, 6.07) is 21.0. The molecule has 6 aromatic rings. The minimum Gasteiger partial charge on any atom is -0.364 e. The predicted octanol–water partition coefficient (Wildman–Crippen LogP) is 9.27. The molecule has 0 saturated carbocycles. The smallest absolute Gasteiger partial charge is 0.161 e. The number of aromatic nitrogens is 4. The van der Waals surface area contributed by atoms with E-state index < -0.39 is 0 Å². The zero-order valence-corrected chi connectivity index (χ0v) is 27.7. The third-order valence-corrected chi connectivity index (χ3v) is 8.74. The third kappa shape index (κ3) is 6.82. The summed E-state index contributed by atoms with van der Waals surface area (Å²) in [5, 5.41) is 0. The van der Waals surface area contributed by atoms with Crippen molar-refractivity contribution in [1.29, 1.82) is 0 Å². The van der Waals surface area contributed by atoms with Crippen LogP contribution in [0.3, 0.4) is 0 Å². The Morgan fingerprint density at radius 2 is 1.02 bits per heavy atom. The van der Waals surface area contributed by atoms with E-state index in [9.17, 15) is 18.4 Å². The first-order chi connectivity index (χ1) is 22.4. The highest BCUT2D eigenvalue weighted by atomic mass is 19.1. The van der Waals surface area contributed by atoms with Gasteiger partial charge in [-0.25, -0.2) is 8.78 Å². The molecule has 0 aliphatic rings. The number of Topliss-reactive ketones (excluding diaryl/α,β-unsaturated/α-hetero) is 2. The van der Waals surface area contributed by atoms with Crippen LogP contribution in [0.1, 0.15) is 109 Å². The van der Waals surface area contributed by atoms with Crippen LogP contribution in [0.25, 0.3) is 0 Å². The van der Waals surface area contributed by atoms with Crippen LogP contribution < -0.4 is 0 Å². The van der Waals surface area contributed by atoms with Crippen LogP contribution in [0.2, 0.25) is 0 Å². The van der Waals surface area contributed by atoms with Gasteiger partial charge in [0.15, 0.2) is 11.6 Å². The topological polar surface area (TPSA) is 97.3 Å². The van der Waals surface area contributed by atoms with Crippen molar-refractivity contribution in [3.63, 3.8) is 0 Å². The summed E-state index contributed by atoms with van der Waals surface area (Å²) in [4.78, 5) is 37.2. The molecule has 4 N–H and O–H groups in total. The molecule has 47 heavy (non-hydrogen) atoms. The number of nitrogens with one attached hydrogen (secondary N) is 4. The summed E-state index contributed by atoms with van der Waals surface area (Å²) in [7, 11) is 0. The van der Waals surface area contributed by atoms with Gasteiger partial charge in [-0.2, -0.15) is 0 Å². The van der Waals surface area contributed by atoms with E-state index in [0.29, 0.717) is 0 Å². The molecule has 0 saturated heterocycles. The zero-order chi connectivity index (χ0) is 34.0. The molecule has 4 heterocycles. The number of aryl methyl sites for hydroxylation is 3. The van der Waals surface area contributed by atoms with Gasteiger partial charge in [0.2, 0.25) is 0 Å². The summed E-state index contributed by atoms with van der Waals surface area (Å²) in [6.45, 7) is 12.9. The summed E-state index contributed by atoms with van der Waals surface area (Å²) < 4.78 is 26.6. The van der Waals surface area contributed by atoms with Crippen molar-refractivity contribution in [3.8, 4) is 0 Å². The molecule has 0 spiro atoms. The van der Waals surface area contributed by atoms with Crippen LogP contribution >= 0.6 is 0 Å². The van der Waals surface area contributed by atoms with Gasteiger partial charge in [-0.15, -0.1) is 0 Å². The van der Waals surface area contributed by atoms with Gasteiger partial charge in [-0.3, -0.25) is 9.59 Å². The maximum Gasteiger partial charge on any atom is 0.161 e. The number of hydrogen-bond donors (Lipinski definition) is 4. The molecular formula is C39H40F2N4O2. The number of halogens is 2. The Morgan fingerprint density at radius 1 is 0.574 bits per heavy atom. The maximum atomic E-state index is 13.4. The lowest BCUT2D eigenvalue weighted by atomic mass is 9.89. The maximum absolute atomic E-state index is 13.4. The van der Waals surface area contributed by atoms with Crippen LogP contribution in [-0.4, -0.2) is 31.5 Å². The van der Waals surface area contributed by atoms with Gasteiger partial charge in [0.05, 0.1) is 11.8 Å². The van der Waals surface area contributed by atoms with Crippen LogP contribution in [0.4, 0.5) is 8.78 Å². The van der Waals surface area contributed by atoms with Gasteiger partial charge >= 0.3 is 0 Å². The number of ketones is 2. The highest BCUT2D eigenvalue weighted by Gasteiger charge is 2.26. The number of benzene rings is 2. The van der Waals surface area contributed by atoms with Crippen molar-refractivity contribution in [3.05, 3.63) is 164 Å². The molecule has 0 aliphatic heterocycles. The number of hydrogen-bond acceptors (Lipinski definition) is 2. The van der Waals surface area contributed by atoms with Gasteiger partial charge in [-0.05, 0) is 119 Å². The van der Waals surface area contributed by atoms with E-state index in [1.807, 2.05) is 65.1 Å². The molecule has 2 aromatic carbocycles. The van der Waals surface area contributed by atoms with E-state index in [-0.39, 0.29) is 35.0 Å². The van der Waals surface area contributed by atoms with Crippen molar-refractivity contribution in [2.24, 2.45) is 0 Å². The van der Waals surface area contributed by atoms with Gasteiger partial charge < -0.3 is 19.9 Å². The lowest BCUT2D eigenvalue weighted by Crippen LogP contribution is -2.07. The molecule has 242 valence electrons. The van der Waals surface area contributed by atoms with Gasteiger partial charge in [-0.1, -0.05) is 24.3 Å². The van der Waals surface area contributed by atoms with Gasteiger partial charge in [0.1, 0.15) is 11.6 Å². The average Bonchev–Trinajstić information content (AvgIpc) is 3.81. The Labute approximate surface area is 273 Å². The molecule has 0 fully saturated rings. The molecule has 2 unspecified atom stereocenters. The fourth-order valence-electron chi connectivity index (χ4n) is 6.71. The molecule has 0 amide bonds. The minimum atomic E-state index is -0.261. The molecular weight excluding hydrogens is 594 g/mol. The molecule has 0 bridgehead atoms. The number of aromatic amines is 4. The quantitative estimate of drug-likeness (QED) is 0.126. The van der Waals surface area contributed by atoms with E-state index in [2.05, 4.69) is 19.9 Å². The second kappa shape index (κ2) is 13.6. The average molecular weight is 635 g/mol. The highest BCUT2D eigenvalue weighted by Crippen LogP contribution is 2.36. The van der Waals surface area contributed by atoms with E-state index >= 15 is 0 Å². The third-order valence-electron chi connectivity index (χ3n) is 8.74. The summed E-state index contributed by atoms with van der Waals surface area (Å²) in [5.74, 6) is -0.629. The van der Waals surface area contributed by atoms with E-state index in [0.717, 1.165) is 73.2 Å². The SMILES string of the molecule is CC(=O)c1c(C)[nH]c(C(c2ccc(F)cc2)c2ccc(C)[nH]2)c1C.CC(=O)c1c(C)[nH]c(C(c2ccc(F)cc2)c2ccc[nH]2)c1C. The lowest BCUT2D eigenvalue weighted by Gasteiger charge is -2.17. The second-order valence-electron chi connectivity index (χ2n) is 12.1. The first-order valence-corrected chi connectivity index (χ1v) is 15.6. The molecule has 4 aromatic heterocycles. The van der Waals surface area contributed by atoms with Crippen LogP contribution in [0.15, 0.2) is 79.0 Å². The summed E-state index contributed by atoms with van der Waals surface area (Å²) in [6.07, 6.45) is 1.86. The molecule has 8 heteroatoms. The molecule has 0 radical (unpaired) electrons. The number of H-pyrrole nitrogens is 4. The summed E-state index contributed by atoms with van der Waals surface area (Å²) in [5.41, 5.74) is 12.0. The fraction of sp³-hybridized carbons (Fsp3) is 0.231. The Balaban J connectivity index is 0.000000185. The predicted molar refractivity (Wildman–Crippen MR) is 182 cm³/mol. The van der Waals surface area contributed by atoms with E-state index in [1.54, 1.807) is 38.1 Å². The number of carbonyl (C=O) groups is 2. The molecule has 0 aliphatic carbocycles. The Hall–Kier alpha value is -5.24. The Morgan fingerprint density at radius 3 is 1.36 bits per heavy atom. The van der Waals surface area contributed by atoms with Gasteiger partial charge in [0, 0.05) is 57.2 Å². The standard InChI is InChI=1S/C20H21FN2O.C19H19FN2O/c1-11-5-10-17(22-11)19(15-6-8-16(21)9-7-15)20-12(2)18(14(4)24)13(3)23-20;1-11-17(13(3)23)12(2)22-19(11)18(16-5-4-10-21-16)14-6-8-15(20)9-7-14/h5-10,19,22-23H,1-4H3;4-10,18,21-22H,1-3H3. The number of carbonyl (C=O) groups excluding carboxylic acids is 2. The van der Waals surface area contributed by atoms with Crippen molar-refractivity contribution < 1.29 is 18.4 Å². The second-order valence-corrected chi connectivity index (χ2v) is 12.1. The van der Waals surface area contributed by atoms with Crippen molar-refractivity contribution in [1.82, 2.24) is 19.9 Å². The Bertz CT molecular complexity index is 2010. The van der Waals surface area contributed by atoms with E-state index in [1.165, 1.54) is 24.3 Å². The first kappa shape index (κ1) is 33.1. The minimum absolute atomic E-state index is 0.0480. The van der Waals surface area contributed by atoms with Gasteiger partial charge in [0.25, 0.3) is 0 Å². The molecule has 6 rings (SSSR count). The zero-order valence-electron chi connectivity index (χ0n) is 27.7. The lowest BCUT2D eigenvalue weighted by molar-refractivity contribution is 0.100. The normalized spacial score (nSPS) is 12.4. The highest BCUT2D eigenvalue weighted by molar-refractivity contribution is 5.97. The van der Waals surface area contributed by atoms with Crippen LogP contribution in [-0.2, 0) is 0 Å². The largest absolute Gasteiger partial charge is 0.364 e. The monoisotopic (exact) mass is 634 g/mol. The first-order valence-electron chi connectivity index (χ1n) is 15.6. The van der Waals surface area contributed by atoms with Crippen molar-refractivity contribution in [2.45, 2.75) is 60.3 Å². The number of rotatable bonds is 8. The Kier molecular flexibility index (Phi) is 9.61. The van der Waals surface area contributed by atoms with Crippen LogP contribution in [0, 0.1) is 46.3 Å². The fourth-order valence-corrected chi connectivity index (χ4v) is 6.71.